The Bertz CT molecular complexity index is 539. The van der Waals surface area contributed by atoms with E-state index < -0.39 is 5.97 Å². The summed E-state index contributed by atoms with van der Waals surface area (Å²) in [4.78, 5) is 37.9. The predicted molar refractivity (Wildman–Crippen MR) is 73.2 cm³/mol. The van der Waals surface area contributed by atoms with Crippen molar-refractivity contribution in [3.8, 4) is 0 Å². The molecule has 7 heteroatoms. The van der Waals surface area contributed by atoms with Crippen LogP contribution in [-0.2, 0) is 4.79 Å². The number of rotatable bonds is 5. The van der Waals surface area contributed by atoms with E-state index in [1.54, 1.807) is 13.8 Å². The second kappa shape index (κ2) is 6.51. The summed E-state index contributed by atoms with van der Waals surface area (Å²) in [5.41, 5.74) is -0.0104. The van der Waals surface area contributed by atoms with E-state index in [-0.39, 0.29) is 34.9 Å². The minimum Gasteiger partial charge on any atom is -0.481 e. The summed E-state index contributed by atoms with van der Waals surface area (Å²) in [6.45, 7) is 3.74. The van der Waals surface area contributed by atoms with Crippen molar-refractivity contribution in [2.45, 2.75) is 26.3 Å². The maximum Gasteiger partial charge on any atom is 0.305 e. The first kappa shape index (κ1) is 15.4. The highest BCUT2D eigenvalue weighted by atomic mass is 79.9. The largest absolute Gasteiger partial charge is 0.481 e. The molecule has 0 spiro atoms. The number of aromatic nitrogens is 1. The summed E-state index contributed by atoms with van der Waals surface area (Å²) in [5.74, 6) is -1.27. The number of aromatic amines is 1. The first-order valence-electron chi connectivity index (χ1n) is 5.74. The molecular formula is C12H15BrN2O4. The van der Waals surface area contributed by atoms with Crippen molar-refractivity contribution in [2.75, 3.05) is 6.54 Å². The molecule has 1 rings (SSSR count). The van der Waals surface area contributed by atoms with Crippen molar-refractivity contribution < 1.29 is 14.7 Å². The number of nitrogens with zero attached hydrogens (tertiary/aromatic N) is 1. The zero-order chi connectivity index (χ0) is 14.6. The van der Waals surface area contributed by atoms with Crippen molar-refractivity contribution in [3.05, 3.63) is 32.7 Å². The molecule has 0 atom stereocenters. The van der Waals surface area contributed by atoms with E-state index in [4.69, 9.17) is 5.11 Å². The van der Waals surface area contributed by atoms with Gasteiger partial charge in [-0.1, -0.05) is 0 Å². The molecule has 2 N–H and O–H groups in total. The smallest absolute Gasteiger partial charge is 0.305 e. The van der Waals surface area contributed by atoms with Gasteiger partial charge in [0.25, 0.3) is 11.5 Å². The Kier molecular flexibility index (Phi) is 5.29. The molecular weight excluding hydrogens is 316 g/mol. The van der Waals surface area contributed by atoms with E-state index in [9.17, 15) is 14.4 Å². The van der Waals surface area contributed by atoms with Crippen LogP contribution in [-0.4, -0.2) is 39.5 Å². The third kappa shape index (κ3) is 4.20. The van der Waals surface area contributed by atoms with Crippen LogP contribution in [0.4, 0.5) is 0 Å². The first-order chi connectivity index (χ1) is 8.82. The van der Waals surface area contributed by atoms with E-state index in [2.05, 4.69) is 20.9 Å². The third-order valence-electron chi connectivity index (χ3n) is 2.56. The zero-order valence-electron chi connectivity index (χ0n) is 10.6. The zero-order valence-corrected chi connectivity index (χ0v) is 12.2. The van der Waals surface area contributed by atoms with Gasteiger partial charge < -0.3 is 15.0 Å². The summed E-state index contributed by atoms with van der Waals surface area (Å²) < 4.78 is 0.264. The van der Waals surface area contributed by atoms with Gasteiger partial charge in [-0.25, -0.2) is 0 Å². The highest BCUT2D eigenvalue weighted by Crippen LogP contribution is 2.11. The third-order valence-corrected chi connectivity index (χ3v) is 3.14. The molecule has 0 aliphatic heterocycles. The summed E-state index contributed by atoms with van der Waals surface area (Å²) >= 11 is 3.05. The minimum absolute atomic E-state index is 0.117. The van der Waals surface area contributed by atoms with Gasteiger partial charge >= 0.3 is 5.97 Å². The molecule has 1 amide bonds. The standard InChI is InChI=1S/C12H15BrN2O4/c1-7(2)15(4-3-10(16)17)12(19)8-5-9(13)11(18)14-6-8/h5-7H,3-4H2,1-2H3,(H,14,18)(H,16,17). The van der Waals surface area contributed by atoms with Gasteiger partial charge in [0, 0.05) is 18.8 Å². The van der Waals surface area contributed by atoms with E-state index >= 15 is 0 Å². The Labute approximate surface area is 118 Å². The van der Waals surface area contributed by atoms with E-state index in [0.717, 1.165) is 0 Å². The van der Waals surface area contributed by atoms with Crippen LogP contribution in [0.2, 0.25) is 0 Å². The molecule has 0 aliphatic carbocycles. The van der Waals surface area contributed by atoms with Gasteiger partial charge in [-0.05, 0) is 35.8 Å². The summed E-state index contributed by atoms with van der Waals surface area (Å²) in [6.07, 6.45) is 1.21. The highest BCUT2D eigenvalue weighted by molar-refractivity contribution is 9.10. The average Bonchev–Trinajstić information content (AvgIpc) is 2.31. The highest BCUT2D eigenvalue weighted by Gasteiger charge is 2.20. The molecule has 19 heavy (non-hydrogen) atoms. The Balaban J connectivity index is 2.95. The molecule has 0 unspecified atom stereocenters. The normalized spacial score (nSPS) is 10.5. The van der Waals surface area contributed by atoms with Gasteiger partial charge in [0.05, 0.1) is 16.5 Å². The molecule has 6 nitrogen and oxygen atoms in total. The molecule has 0 saturated heterocycles. The SMILES string of the molecule is CC(C)N(CCC(=O)O)C(=O)c1c[nH]c(=O)c(Br)c1. The molecule has 1 heterocycles. The first-order valence-corrected chi connectivity index (χ1v) is 6.53. The topological polar surface area (TPSA) is 90.5 Å². The average molecular weight is 331 g/mol. The fraction of sp³-hybridized carbons (Fsp3) is 0.417. The number of amides is 1. The monoisotopic (exact) mass is 330 g/mol. The number of hydrogen-bond acceptors (Lipinski definition) is 3. The number of nitrogens with one attached hydrogen (secondary N) is 1. The lowest BCUT2D eigenvalue weighted by atomic mass is 10.2. The number of carboxylic acid groups (broad SMARTS) is 1. The second-order valence-corrected chi connectivity index (χ2v) is 5.16. The van der Waals surface area contributed by atoms with Crippen LogP contribution in [0, 0.1) is 0 Å². The van der Waals surface area contributed by atoms with Crippen LogP contribution >= 0.6 is 15.9 Å². The van der Waals surface area contributed by atoms with Crippen molar-refractivity contribution >= 4 is 27.8 Å². The summed E-state index contributed by atoms with van der Waals surface area (Å²) in [5, 5.41) is 8.68. The number of halogens is 1. The van der Waals surface area contributed by atoms with Crippen LogP contribution < -0.4 is 5.56 Å². The number of H-pyrrole nitrogens is 1. The Morgan fingerprint density at radius 3 is 2.58 bits per heavy atom. The molecule has 0 radical (unpaired) electrons. The Morgan fingerprint density at radius 2 is 2.11 bits per heavy atom. The van der Waals surface area contributed by atoms with E-state index in [1.165, 1.54) is 17.2 Å². The van der Waals surface area contributed by atoms with Gasteiger partial charge in [0.15, 0.2) is 0 Å². The summed E-state index contributed by atoms with van der Waals surface area (Å²) in [6, 6.07) is 1.30. The number of pyridine rings is 1. The van der Waals surface area contributed by atoms with Crippen molar-refractivity contribution in [2.24, 2.45) is 0 Å². The molecule has 0 bridgehead atoms. The number of carboxylic acids is 1. The molecule has 0 aliphatic rings. The number of carbonyl (C=O) groups is 2. The van der Waals surface area contributed by atoms with Crippen LogP contribution in [0.1, 0.15) is 30.6 Å². The number of hydrogen-bond donors (Lipinski definition) is 2. The Morgan fingerprint density at radius 1 is 1.47 bits per heavy atom. The maximum absolute atomic E-state index is 12.3. The quantitative estimate of drug-likeness (QED) is 0.855. The number of carbonyl (C=O) groups excluding carboxylic acids is 1. The van der Waals surface area contributed by atoms with Crippen LogP contribution in [0.5, 0.6) is 0 Å². The lowest BCUT2D eigenvalue weighted by molar-refractivity contribution is -0.137. The Hall–Kier alpha value is -1.63. The van der Waals surface area contributed by atoms with Crippen LogP contribution in [0.15, 0.2) is 21.5 Å². The number of aliphatic carboxylic acids is 1. The van der Waals surface area contributed by atoms with Crippen molar-refractivity contribution in [1.82, 2.24) is 9.88 Å². The van der Waals surface area contributed by atoms with Crippen LogP contribution in [0.25, 0.3) is 0 Å². The summed E-state index contributed by atoms with van der Waals surface area (Å²) in [7, 11) is 0. The second-order valence-electron chi connectivity index (χ2n) is 4.30. The lowest BCUT2D eigenvalue weighted by Crippen LogP contribution is -2.38. The predicted octanol–water partition coefficient (Wildman–Crippen LogP) is 1.46. The fourth-order valence-corrected chi connectivity index (χ4v) is 1.92. The fourth-order valence-electron chi connectivity index (χ4n) is 1.56. The van der Waals surface area contributed by atoms with Crippen LogP contribution in [0.3, 0.4) is 0 Å². The molecule has 0 saturated carbocycles. The molecule has 1 aromatic heterocycles. The van der Waals surface area contributed by atoms with Gasteiger partial charge in [0.2, 0.25) is 0 Å². The van der Waals surface area contributed by atoms with Crippen molar-refractivity contribution in [3.63, 3.8) is 0 Å². The maximum atomic E-state index is 12.3. The van der Waals surface area contributed by atoms with Gasteiger partial charge in [-0.15, -0.1) is 0 Å². The van der Waals surface area contributed by atoms with Gasteiger partial charge in [0.1, 0.15) is 0 Å². The van der Waals surface area contributed by atoms with E-state index in [0.29, 0.717) is 5.56 Å². The molecule has 1 aromatic rings. The molecule has 104 valence electrons. The van der Waals surface area contributed by atoms with Crippen molar-refractivity contribution in [1.29, 1.82) is 0 Å². The molecule has 0 aromatic carbocycles. The van der Waals surface area contributed by atoms with Gasteiger partial charge in [-0.2, -0.15) is 0 Å². The minimum atomic E-state index is -0.957. The molecule has 0 fully saturated rings. The van der Waals surface area contributed by atoms with E-state index in [1.807, 2.05) is 0 Å². The lowest BCUT2D eigenvalue weighted by Gasteiger charge is -2.26. The van der Waals surface area contributed by atoms with Gasteiger partial charge in [-0.3, -0.25) is 14.4 Å².